The Hall–Kier alpha value is -1.46. The maximum Gasteiger partial charge on any atom is 0.251 e. The number of amides is 1. The Morgan fingerprint density at radius 2 is 2.28 bits per heavy atom. The molecule has 0 saturated carbocycles. The van der Waals surface area contributed by atoms with Crippen molar-refractivity contribution in [3.05, 3.63) is 44.9 Å². The maximum absolute atomic E-state index is 11.8. The smallest absolute Gasteiger partial charge is 0.251 e. The molecule has 0 atom stereocenters. The van der Waals surface area contributed by atoms with Crippen LogP contribution in [0.15, 0.2) is 24.3 Å². The predicted molar refractivity (Wildman–Crippen MR) is 72.1 cm³/mol. The average Bonchev–Trinajstić information content (AvgIpc) is 2.75. The van der Waals surface area contributed by atoms with E-state index in [2.05, 4.69) is 15.5 Å². The van der Waals surface area contributed by atoms with Crippen molar-refractivity contribution in [2.24, 2.45) is 0 Å². The molecule has 4 nitrogen and oxygen atoms in total. The molecule has 2 rings (SSSR count). The van der Waals surface area contributed by atoms with Crippen molar-refractivity contribution in [3.8, 4) is 0 Å². The molecule has 2 aromatic rings. The molecule has 1 aromatic carbocycles. The number of aryl methyl sites for hydroxylation is 1. The van der Waals surface area contributed by atoms with Crippen LogP contribution in [0, 0.1) is 6.92 Å². The highest BCUT2D eigenvalue weighted by atomic mass is 35.5. The third-order valence-electron chi connectivity index (χ3n) is 2.28. The van der Waals surface area contributed by atoms with Gasteiger partial charge >= 0.3 is 0 Å². The maximum atomic E-state index is 11.8. The van der Waals surface area contributed by atoms with Crippen molar-refractivity contribution in [1.29, 1.82) is 0 Å². The second-order valence-corrected chi connectivity index (χ2v) is 5.43. The molecule has 18 heavy (non-hydrogen) atoms. The van der Waals surface area contributed by atoms with Crippen LogP contribution >= 0.6 is 22.9 Å². The van der Waals surface area contributed by atoms with Crippen LogP contribution in [0.5, 0.6) is 0 Å². The SMILES string of the molecule is Cc1nnc(CCNC(=O)c2cccc(Cl)c2)s1. The molecule has 1 amide bonds. The third kappa shape index (κ3) is 3.51. The molecule has 0 aliphatic carbocycles. The van der Waals surface area contributed by atoms with E-state index in [4.69, 9.17) is 11.6 Å². The highest BCUT2D eigenvalue weighted by Gasteiger charge is 2.06. The first-order valence-corrected chi connectivity index (χ1v) is 6.67. The van der Waals surface area contributed by atoms with Gasteiger partial charge in [0.15, 0.2) is 0 Å². The summed E-state index contributed by atoms with van der Waals surface area (Å²) in [5, 5.41) is 13.2. The van der Waals surface area contributed by atoms with Crippen molar-refractivity contribution in [3.63, 3.8) is 0 Å². The van der Waals surface area contributed by atoms with E-state index in [9.17, 15) is 4.79 Å². The van der Waals surface area contributed by atoms with E-state index < -0.39 is 0 Å². The quantitative estimate of drug-likeness (QED) is 0.937. The van der Waals surface area contributed by atoms with Crippen LogP contribution in [-0.2, 0) is 6.42 Å². The Bertz CT molecular complexity index is 556. The van der Waals surface area contributed by atoms with Crippen LogP contribution in [0.25, 0.3) is 0 Å². The topological polar surface area (TPSA) is 54.9 Å². The molecule has 1 aromatic heterocycles. The van der Waals surface area contributed by atoms with E-state index in [1.54, 1.807) is 35.6 Å². The van der Waals surface area contributed by atoms with Crippen LogP contribution in [-0.4, -0.2) is 22.6 Å². The first-order chi connectivity index (χ1) is 8.65. The fourth-order valence-electron chi connectivity index (χ4n) is 1.45. The summed E-state index contributed by atoms with van der Waals surface area (Å²) in [6, 6.07) is 6.87. The number of carbonyl (C=O) groups excluding carboxylic acids is 1. The number of hydrogen-bond donors (Lipinski definition) is 1. The molecule has 0 aliphatic heterocycles. The van der Waals surface area contributed by atoms with Crippen molar-refractivity contribution >= 4 is 28.8 Å². The second kappa shape index (κ2) is 5.93. The third-order valence-corrected chi connectivity index (χ3v) is 3.41. The second-order valence-electron chi connectivity index (χ2n) is 3.73. The van der Waals surface area contributed by atoms with Crippen LogP contribution in [0.2, 0.25) is 5.02 Å². The number of halogens is 1. The number of aromatic nitrogens is 2. The zero-order valence-electron chi connectivity index (χ0n) is 9.81. The summed E-state index contributed by atoms with van der Waals surface area (Å²) >= 11 is 7.37. The molecule has 0 bridgehead atoms. The lowest BCUT2D eigenvalue weighted by Gasteiger charge is -2.03. The molecular weight excluding hydrogens is 270 g/mol. The Balaban J connectivity index is 1.85. The van der Waals surface area contributed by atoms with Gasteiger partial charge in [0.05, 0.1) is 0 Å². The number of nitrogens with one attached hydrogen (secondary N) is 1. The first kappa shape index (κ1) is 13.0. The summed E-state index contributed by atoms with van der Waals surface area (Å²) in [5.41, 5.74) is 0.566. The lowest BCUT2D eigenvalue weighted by Crippen LogP contribution is -2.25. The summed E-state index contributed by atoms with van der Waals surface area (Å²) in [6.45, 7) is 2.45. The predicted octanol–water partition coefficient (Wildman–Crippen LogP) is 2.47. The summed E-state index contributed by atoms with van der Waals surface area (Å²) < 4.78 is 0. The van der Waals surface area contributed by atoms with Crippen LogP contribution in [0.1, 0.15) is 20.4 Å². The molecule has 0 fully saturated rings. The van der Waals surface area contributed by atoms with Crippen molar-refractivity contribution in [2.45, 2.75) is 13.3 Å². The molecule has 0 radical (unpaired) electrons. The normalized spacial score (nSPS) is 10.3. The highest BCUT2D eigenvalue weighted by Crippen LogP contribution is 2.11. The Morgan fingerprint density at radius 3 is 2.94 bits per heavy atom. The van der Waals surface area contributed by atoms with E-state index >= 15 is 0 Å². The fraction of sp³-hybridized carbons (Fsp3) is 0.250. The Morgan fingerprint density at radius 1 is 1.44 bits per heavy atom. The van der Waals surface area contributed by atoms with Gasteiger partial charge in [-0.15, -0.1) is 21.5 Å². The van der Waals surface area contributed by atoms with Gasteiger partial charge in [0, 0.05) is 23.6 Å². The minimum atomic E-state index is -0.126. The summed E-state index contributed by atoms with van der Waals surface area (Å²) in [7, 11) is 0. The first-order valence-electron chi connectivity index (χ1n) is 5.48. The van der Waals surface area contributed by atoms with Gasteiger partial charge in [0.25, 0.3) is 5.91 Å². The van der Waals surface area contributed by atoms with Gasteiger partial charge in [-0.25, -0.2) is 0 Å². The van der Waals surface area contributed by atoms with E-state index in [-0.39, 0.29) is 5.91 Å². The largest absolute Gasteiger partial charge is 0.352 e. The Labute approximate surface area is 114 Å². The molecule has 0 spiro atoms. The summed E-state index contributed by atoms with van der Waals surface area (Å²) in [5.74, 6) is -0.126. The zero-order valence-corrected chi connectivity index (χ0v) is 11.4. The molecular formula is C12H12ClN3OS. The van der Waals surface area contributed by atoms with Gasteiger partial charge in [0.2, 0.25) is 0 Å². The van der Waals surface area contributed by atoms with Gasteiger partial charge in [-0.1, -0.05) is 17.7 Å². The number of nitrogens with zero attached hydrogens (tertiary/aromatic N) is 2. The highest BCUT2D eigenvalue weighted by molar-refractivity contribution is 7.11. The fourth-order valence-corrected chi connectivity index (χ4v) is 2.35. The van der Waals surface area contributed by atoms with Gasteiger partial charge in [-0.3, -0.25) is 4.79 Å². The Kier molecular flexibility index (Phi) is 4.28. The average molecular weight is 282 g/mol. The zero-order chi connectivity index (χ0) is 13.0. The van der Waals surface area contributed by atoms with E-state index in [1.165, 1.54) is 0 Å². The lowest BCUT2D eigenvalue weighted by atomic mass is 10.2. The van der Waals surface area contributed by atoms with Crippen molar-refractivity contribution in [2.75, 3.05) is 6.54 Å². The van der Waals surface area contributed by atoms with Gasteiger partial charge in [-0.05, 0) is 25.1 Å². The standard InChI is InChI=1S/C12H12ClN3OS/c1-8-15-16-11(18-8)5-6-14-12(17)9-3-2-4-10(13)7-9/h2-4,7H,5-6H2,1H3,(H,14,17). The lowest BCUT2D eigenvalue weighted by molar-refractivity contribution is 0.0954. The molecule has 94 valence electrons. The minimum Gasteiger partial charge on any atom is -0.352 e. The van der Waals surface area contributed by atoms with Crippen LogP contribution in [0.4, 0.5) is 0 Å². The number of hydrogen-bond acceptors (Lipinski definition) is 4. The van der Waals surface area contributed by atoms with E-state index in [0.717, 1.165) is 10.0 Å². The number of carbonyl (C=O) groups is 1. The molecule has 0 aliphatic rings. The monoisotopic (exact) mass is 281 g/mol. The number of rotatable bonds is 4. The van der Waals surface area contributed by atoms with E-state index in [1.807, 2.05) is 6.92 Å². The van der Waals surface area contributed by atoms with Crippen LogP contribution < -0.4 is 5.32 Å². The molecule has 6 heteroatoms. The summed E-state index contributed by atoms with van der Waals surface area (Å²) in [6.07, 6.45) is 0.692. The molecule has 0 unspecified atom stereocenters. The van der Waals surface area contributed by atoms with Gasteiger partial charge in [0.1, 0.15) is 10.0 Å². The van der Waals surface area contributed by atoms with Gasteiger partial charge < -0.3 is 5.32 Å². The summed E-state index contributed by atoms with van der Waals surface area (Å²) in [4.78, 5) is 11.8. The van der Waals surface area contributed by atoms with E-state index in [0.29, 0.717) is 23.6 Å². The van der Waals surface area contributed by atoms with Crippen molar-refractivity contribution in [1.82, 2.24) is 15.5 Å². The van der Waals surface area contributed by atoms with Crippen molar-refractivity contribution < 1.29 is 4.79 Å². The molecule has 1 heterocycles. The van der Waals surface area contributed by atoms with Gasteiger partial charge in [-0.2, -0.15) is 0 Å². The van der Waals surface area contributed by atoms with Crippen LogP contribution in [0.3, 0.4) is 0 Å². The number of benzene rings is 1. The minimum absolute atomic E-state index is 0.126. The molecule has 1 N–H and O–H groups in total. The molecule has 0 saturated heterocycles.